The second-order valence-corrected chi connectivity index (χ2v) is 7.15. The molecule has 2 N–H and O–H groups in total. The number of nitrogens with zero attached hydrogens (tertiary/aromatic N) is 2. The average molecular weight is 401 g/mol. The fourth-order valence-corrected chi connectivity index (χ4v) is 3.83. The number of hydrogen-bond acceptors (Lipinski definition) is 6. The highest BCUT2D eigenvalue weighted by Gasteiger charge is 2.18. The van der Waals surface area contributed by atoms with Gasteiger partial charge in [-0.25, -0.2) is 9.78 Å². The van der Waals surface area contributed by atoms with Crippen molar-refractivity contribution in [2.45, 2.75) is 33.4 Å². The molecule has 0 fully saturated rings. The van der Waals surface area contributed by atoms with E-state index in [9.17, 15) is 9.59 Å². The van der Waals surface area contributed by atoms with E-state index in [0.29, 0.717) is 17.2 Å². The monoisotopic (exact) mass is 400 g/mol. The molecule has 2 heterocycles. The molecule has 0 aliphatic rings. The van der Waals surface area contributed by atoms with Gasteiger partial charge in [0.05, 0.1) is 35.8 Å². The molecule has 28 heavy (non-hydrogen) atoms. The van der Waals surface area contributed by atoms with Crippen LogP contribution in [0.15, 0.2) is 35.7 Å². The zero-order valence-corrected chi connectivity index (χ0v) is 17.0. The maximum absolute atomic E-state index is 12.4. The van der Waals surface area contributed by atoms with E-state index in [-0.39, 0.29) is 18.5 Å². The molecule has 3 rings (SSSR count). The SMILES string of the molecule is CCOC(=O)c1ccsc1NC(=O)CNC(C)c1nc2ccccc2n1CC. The molecule has 0 spiro atoms. The Labute approximate surface area is 167 Å². The highest BCUT2D eigenvalue weighted by Crippen LogP contribution is 2.24. The van der Waals surface area contributed by atoms with Crippen LogP contribution in [-0.2, 0) is 16.1 Å². The Morgan fingerprint density at radius 1 is 1.25 bits per heavy atom. The molecule has 0 bridgehead atoms. The van der Waals surface area contributed by atoms with Gasteiger partial charge in [0.2, 0.25) is 5.91 Å². The number of rotatable bonds is 8. The first kappa shape index (κ1) is 20.0. The molecule has 8 heteroatoms. The number of thiophene rings is 1. The van der Waals surface area contributed by atoms with Gasteiger partial charge in [-0.2, -0.15) is 0 Å². The molecule has 0 saturated carbocycles. The summed E-state index contributed by atoms with van der Waals surface area (Å²) in [5.41, 5.74) is 2.40. The van der Waals surface area contributed by atoms with Crippen molar-refractivity contribution >= 4 is 39.2 Å². The third-order valence-electron chi connectivity index (χ3n) is 4.37. The largest absolute Gasteiger partial charge is 0.462 e. The van der Waals surface area contributed by atoms with E-state index < -0.39 is 5.97 Å². The summed E-state index contributed by atoms with van der Waals surface area (Å²) in [5, 5.41) is 8.24. The number of nitrogens with one attached hydrogen (secondary N) is 2. The first-order chi connectivity index (χ1) is 13.5. The summed E-state index contributed by atoms with van der Waals surface area (Å²) < 4.78 is 7.15. The molecule has 0 aliphatic heterocycles. The predicted molar refractivity (Wildman–Crippen MR) is 111 cm³/mol. The van der Waals surface area contributed by atoms with Gasteiger partial charge in [0.25, 0.3) is 0 Å². The van der Waals surface area contributed by atoms with Gasteiger partial charge in [0.15, 0.2) is 0 Å². The van der Waals surface area contributed by atoms with E-state index in [2.05, 4.69) is 22.1 Å². The average Bonchev–Trinajstić information content (AvgIpc) is 3.30. The van der Waals surface area contributed by atoms with Crippen molar-refractivity contribution in [1.29, 1.82) is 0 Å². The lowest BCUT2D eigenvalue weighted by molar-refractivity contribution is -0.115. The van der Waals surface area contributed by atoms with Crippen LogP contribution in [-0.4, -0.2) is 34.6 Å². The Balaban J connectivity index is 1.64. The number of para-hydroxylation sites is 2. The van der Waals surface area contributed by atoms with Crippen LogP contribution in [0, 0.1) is 0 Å². The summed E-state index contributed by atoms with van der Waals surface area (Å²) in [5.74, 6) is 0.232. The van der Waals surface area contributed by atoms with Crippen LogP contribution in [0.5, 0.6) is 0 Å². The molecule has 1 amide bonds. The van der Waals surface area contributed by atoms with Crippen LogP contribution in [0.2, 0.25) is 0 Å². The summed E-state index contributed by atoms with van der Waals surface area (Å²) in [7, 11) is 0. The first-order valence-corrected chi connectivity index (χ1v) is 10.2. The van der Waals surface area contributed by atoms with E-state index in [0.717, 1.165) is 23.4 Å². The fourth-order valence-electron chi connectivity index (χ4n) is 3.04. The minimum Gasteiger partial charge on any atom is -0.462 e. The smallest absolute Gasteiger partial charge is 0.341 e. The van der Waals surface area contributed by atoms with E-state index in [1.165, 1.54) is 11.3 Å². The van der Waals surface area contributed by atoms with Crippen molar-refractivity contribution < 1.29 is 14.3 Å². The summed E-state index contributed by atoms with van der Waals surface area (Å²) >= 11 is 1.29. The van der Waals surface area contributed by atoms with Crippen LogP contribution in [0.25, 0.3) is 11.0 Å². The number of esters is 1. The van der Waals surface area contributed by atoms with Crippen LogP contribution in [0.3, 0.4) is 0 Å². The number of anilines is 1. The Morgan fingerprint density at radius 3 is 2.79 bits per heavy atom. The minimum absolute atomic E-state index is 0.105. The molecule has 148 valence electrons. The van der Waals surface area contributed by atoms with Crippen molar-refractivity contribution in [2.24, 2.45) is 0 Å². The van der Waals surface area contributed by atoms with E-state index >= 15 is 0 Å². The maximum Gasteiger partial charge on any atom is 0.341 e. The van der Waals surface area contributed by atoms with Crippen molar-refractivity contribution in [1.82, 2.24) is 14.9 Å². The topological polar surface area (TPSA) is 85.2 Å². The van der Waals surface area contributed by atoms with Gasteiger partial charge in [0.1, 0.15) is 10.8 Å². The number of aryl methyl sites for hydroxylation is 1. The van der Waals surface area contributed by atoms with Gasteiger partial charge in [0, 0.05) is 6.54 Å². The lowest BCUT2D eigenvalue weighted by Gasteiger charge is -2.15. The second-order valence-electron chi connectivity index (χ2n) is 6.24. The van der Waals surface area contributed by atoms with Crippen LogP contribution < -0.4 is 10.6 Å². The molecule has 7 nitrogen and oxygen atoms in total. The summed E-state index contributed by atoms with van der Waals surface area (Å²) in [4.78, 5) is 29.0. The van der Waals surface area contributed by atoms with Gasteiger partial charge in [-0.05, 0) is 44.4 Å². The van der Waals surface area contributed by atoms with Gasteiger partial charge in [-0.15, -0.1) is 11.3 Å². The van der Waals surface area contributed by atoms with Crippen molar-refractivity contribution in [2.75, 3.05) is 18.5 Å². The minimum atomic E-state index is -0.433. The lowest BCUT2D eigenvalue weighted by atomic mass is 10.3. The Bertz CT molecular complexity index is 979. The lowest BCUT2D eigenvalue weighted by Crippen LogP contribution is -2.31. The van der Waals surface area contributed by atoms with Crippen molar-refractivity contribution in [3.05, 3.63) is 47.1 Å². The number of carbonyl (C=O) groups is 2. The Hall–Kier alpha value is -2.71. The van der Waals surface area contributed by atoms with Crippen LogP contribution in [0.1, 0.15) is 43.0 Å². The molecule has 1 aromatic carbocycles. The normalized spacial score (nSPS) is 12.1. The molecule has 2 aromatic heterocycles. The third kappa shape index (κ3) is 4.23. The molecular formula is C20H24N4O3S. The standard InChI is InChI=1S/C20H24N4O3S/c1-4-24-16-9-7-6-8-15(16)22-18(24)13(3)21-12-17(25)23-19-14(10-11-28-19)20(26)27-5-2/h6-11,13,21H,4-5,12H2,1-3H3,(H,23,25). The highest BCUT2D eigenvalue weighted by molar-refractivity contribution is 7.14. The molecule has 0 saturated heterocycles. The van der Waals surface area contributed by atoms with Gasteiger partial charge in [-0.1, -0.05) is 12.1 Å². The number of hydrogen-bond donors (Lipinski definition) is 2. The zero-order valence-electron chi connectivity index (χ0n) is 16.2. The number of ether oxygens (including phenoxy) is 1. The van der Waals surface area contributed by atoms with Crippen LogP contribution in [0.4, 0.5) is 5.00 Å². The van der Waals surface area contributed by atoms with E-state index in [1.807, 2.05) is 31.2 Å². The van der Waals surface area contributed by atoms with Crippen LogP contribution >= 0.6 is 11.3 Å². The molecule has 0 aliphatic carbocycles. The third-order valence-corrected chi connectivity index (χ3v) is 5.20. The maximum atomic E-state index is 12.4. The predicted octanol–water partition coefficient (Wildman–Crippen LogP) is 3.58. The molecule has 0 radical (unpaired) electrons. The molecule has 3 aromatic rings. The summed E-state index contributed by atoms with van der Waals surface area (Å²) in [6.45, 7) is 7.00. The summed E-state index contributed by atoms with van der Waals surface area (Å²) in [6.07, 6.45) is 0. The second kappa shape index (κ2) is 8.99. The number of aromatic nitrogens is 2. The highest BCUT2D eigenvalue weighted by atomic mass is 32.1. The number of benzene rings is 1. The Kier molecular flexibility index (Phi) is 6.43. The van der Waals surface area contributed by atoms with Gasteiger partial charge < -0.3 is 14.6 Å². The summed E-state index contributed by atoms with van der Waals surface area (Å²) in [6, 6.07) is 9.53. The van der Waals surface area contributed by atoms with Crippen molar-refractivity contribution in [3.8, 4) is 0 Å². The molecule has 1 atom stereocenters. The van der Waals surface area contributed by atoms with Gasteiger partial charge >= 0.3 is 5.97 Å². The zero-order chi connectivity index (χ0) is 20.1. The Morgan fingerprint density at radius 2 is 2.04 bits per heavy atom. The van der Waals surface area contributed by atoms with E-state index in [4.69, 9.17) is 9.72 Å². The van der Waals surface area contributed by atoms with Gasteiger partial charge in [-0.3, -0.25) is 10.1 Å². The number of fused-ring (bicyclic) bond motifs is 1. The first-order valence-electron chi connectivity index (χ1n) is 9.28. The number of amides is 1. The number of imidazole rings is 1. The fraction of sp³-hybridized carbons (Fsp3) is 0.350. The quantitative estimate of drug-likeness (QED) is 0.565. The number of carbonyl (C=O) groups excluding carboxylic acids is 2. The molecular weight excluding hydrogens is 376 g/mol. The van der Waals surface area contributed by atoms with E-state index in [1.54, 1.807) is 18.4 Å². The molecule has 1 unspecified atom stereocenters. The van der Waals surface area contributed by atoms with Crippen molar-refractivity contribution in [3.63, 3.8) is 0 Å².